The smallest absolute Gasteiger partial charge is 0.377 e. The number of aromatic nitrogens is 5. The molecule has 13 heteroatoms. The van der Waals surface area contributed by atoms with E-state index in [1.807, 2.05) is 0 Å². The molecule has 1 N–H and O–H groups in total. The molecule has 0 saturated heterocycles. The van der Waals surface area contributed by atoms with Crippen molar-refractivity contribution in [1.82, 2.24) is 25.2 Å². The zero-order valence-electron chi connectivity index (χ0n) is 17.4. The van der Waals surface area contributed by atoms with Gasteiger partial charge >= 0.3 is 12.1 Å². The van der Waals surface area contributed by atoms with Crippen molar-refractivity contribution in [3.8, 4) is 11.1 Å². The molecule has 0 bridgehead atoms. The van der Waals surface area contributed by atoms with Gasteiger partial charge in [0.25, 0.3) is 0 Å². The van der Waals surface area contributed by atoms with Gasteiger partial charge in [0.15, 0.2) is 5.60 Å². The Bertz CT molecular complexity index is 1330. The molecule has 35 heavy (non-hydrogen) atoms. The minimum atomic E-state index is -4.61. The van der Waals surface area contributed by atoms with E-state index >= 15 is 8.78 Å². The second-order valence-corrected chi connectivity index (χ2v) is 7.58. The fraction of sp³-hybridized carbons (Fsp3) is 0.182. The molecule has 182 valence electrons. The van der Waals surface area contributed by atoms with Crippen LogP contribution in [0.15, 0.2) is 67.1 Å². The summed E-state index contributed by atoms with van der Waals surface area (Å²) in [6.45, 7) is -1.04. The molecule has 2 aromatic carbocycles. The Morgan fingerprint density at radius 2 is 1.66 bits per heavy atom. The number of aliphatic hydroxyl groups is 1. The summed E-state index contributed by atoms with van der Waals surface area (Å²) in [5.41, 5.74) is -6.07. The van der Waals surface area contributed by atoms with Crippen LogP contribution in [0.1, 0.15) is 16.8 Å². The molecule has 0 aliphatic carbocycles. The lowest BCUT2D eigenvalue weighted by Gasteiger charge is -2.35. The number of rotatable bonds is 6. The third-order valence-electron chi connectivity index (χ3n) is 5.29. The number of benzene rings is 2. The zero-order valence-corrected chi connectivity index (χ0v) is 17.4. The van der Waals surface area contributed by atoms with Crippen LogP contribution >= 0.6 is 0 Å². The van der Waals surface area contributed by atoms with Gasteiger partial charge in [0, 0.05) is 23.4 Å². The van der Waals surface area contributed by atoms with Crippen LogP contribution in [-0.4, -0.2) is 30.3 Å². The van der Waals surface area contributed by atoms with Gasteiger partial charge in [-0.3, -0.25) is 4.98 Å². The first-order valence-corrected chi connectivity index (χ1v) is 9.82. The molecule has 0 aliphatic rings. The Labute approximate surface area is 192 Å². The van der Waals surface area contributed by atoms with Crippen molar-refractivity contribution >= 4 is 0 Å². The highest BCUT2D eigenvalue weighted by molar-refractivity contribution is 5.63. The number of halogens is 7. The van der Waals surface area contributed by atoms with Crippen molar-refractivity contribution in [2.75, 3.05) is 0 Å². The molecular formula is C22H14F7N5O. The Morgan fingerprint density at radius 3 is 2.26 bits per heavy atom. The first kappa shape index (κ1) is 24.3. The molecule has 2 aromatic heterocycles. The number of nitrogens with zero attached hydrogens (tertiary/aromatic N) is 5. The van der Waals surface area contributed by atoms with Crippen LogP contribution in [0.5, 0.6) is 0 Å². The molecule has 4 aromatic rings. The van der Waals surface area contributed by atoms with E-state index in [0.29, 0.717) is 18.2 Å². The van der Waals surface area contributed by atoms with E-state index in [1.165, 1.54) is 6.07 Å². The number of tetrazole rings is 1. The Morgan fingerprint density at radius 1 is 0.886 bits per heavy atom. The van der Waals surface area contributed by atoms with Crippen molar-refractivity contribution in [3.63, 3.8) is 0 Å². The first-order valence-electron chi connectivity index (χ1n) is 9.82. The van der Waals surface area contributed by atoms with Gasteiger partial charge in [-0.25, -0.2) is 13.5 Å². The quantitative estimate of drug-likeness (QED) is 0.391. The summed E-state index contributed by atoms with van der Waals surface area (Å²) < 4.78 is 99.1. The minimum Gasteiger partial charge on any atom is -0.377 e. The summed E-state index contributed by atoms with van der Waals surface area (Å²) in [6, 6.07) is 7.76. The predicted octanol–water partition coefficient (Wildman–Crippen LogP) is 4.71. The summed E-state index contributed by atoms with van der Waals surface area (Å²) in [7, 11) is 0. The molecule has 6 nitrogen and oxygen atoms in total. The molecular weight excluding hydrogens is 483 g/mol. The third kappa shape index (κ3) is 4.58. The van der Waals surface area contributed by atoms with Crippen molar-refractivity contribution in [2.24, 2.45) is 0 Å². The van der Waals surface area contributed by atoms with Crippen molar-refractivity contribution in [2.45, 2.75) is 24.2 Å². The van der Waals surface area contributed by atoms with E-state index in [-0.39, 0.29) is 11.1 Å². The van der Waals surface area contributed by atoms with Crippen LogP contribution in [0.4, 0.5) is 30.7 Å². The average molecular weight is 497 g/mol. The lowest BCUT2D eigenvalue weighted by molar-refractivity contribution is -0.207. The van der Waals surface area contributed by atoms with Crippen LogP contribution in [0.2, 0.25) is 0 Å². The fourth-order valence-electron chi connectivity index (χ4n) is 3.50. The van der Waals surface area contributed by atoms with E-state index in [1.54, 1.807) is 0 Å². The molecule has 0 radical (unpaired) electrons. The van der Waals surface area contributed by atoms with Gasteiger partial charge in [-0.2, -0.15) is 22.0 Å². The average Bonchev–Trinajstić information content (AvgIpc) is 3.31. The fourth-order valence-corrected chi connectivity index (χ4v) is 3.50. The zero-order chi connectivity index (χ0) is 25.4. The molecule has 0 amide bonds. The molecule has 0 aliphatic heterocycles. The normalized spacial score (nSPS) is 14.1. The molecule has 0 saturated carbocycles. The lowest BCUT2D eigenvalue weighted by Crippen LogP contribution is -2.48. The topological polar surface area (TPSA) is 76.7 Å². The monoisotopic (exact) mass is 497 g/mol. The van der Waals surface area contributed by atoms with E-state index in [4.69, 9.17) is 0 Å². The molecule has 0 fully saturated rings. The third-order valence-corrected chi connectivity index (χ3v) is 5.29. The van der Waals surface area contributed by atoms with Crippen LogP contribution in [0.3, 0.4) is 0 Å². The van der Waals surface area contributed by atoms with Gasteiger partial charge in [-0.1, -0.05) is 18.2 Å². The van der Waals surface area contributed by atoms with E-state index in [9.17, 15) is 27.1 Å². The van der Waals surface area contributed by atoms with Crippen molar-refractivity contribution < 1.29 is 35.8 Å². The SMILES string of the molecule is OC(Cn1cnnn1)(c1ccc(F)cc1F)C(F)(F)c1ccc(-c2cccc(C(F)(F)F)c2)cn1. The van der Waals surface area contributed by atoms with Crippen LogP contribution in [0.25, 0.3) is 11.1 Å². The van der Waals surface area contributed by atoms with E-state index in [0.717, 1.165) is 47.5 Å². The molecule has 0 spiro atoms. The van der Waals surface area contributed by atoms with Gasteiger partial charge < -0.3 is 5.11 Å². The summed E-state index contributed by atoms with van der Waals surface area (Å²) in [5.74, 6) is -6.78. The first-order chi connectivity index (χ1) is 16.4. The number of alkyl halides is 5. The molecule has 2 heterocycles. The van der Waals surface area contributed by atoms with Gasteiger partial charge in [0.1, 0.15) is 23.7 Å². The van der Waals surface area contributed by atoms with Crippen molar-refractivity contribution in [1.29, 1.82) is 0 Å². The van der Waals surface area contributed by atoms with Gasteiger partial charge in [0.2, 0.25) is 0 Å². The molecule has 1 unspecified atom stereocenters. The van der Waals surface area contributed by atoms with Gasteiger partial charge in [-0.15, -0.1) is 5.10 Å². The number of hydrogen-bond acceptors (Lipinski definition) is 5. The highest BCUT2D eigenvalue weighted by Gasteiger charge is 2.58. The van der Waals surface area contributed by atoms with Gasteiger partial charge in [0.05, 0.1) is 12.1 Å². The summed E-state index contributed by atoms with van der Waals surface area (Å²) in [6.07, 6.45) is -2.80. The lowest BCUT2D eigenvalue weighted by atomic mass is 9.84. The predicted molar refractivity (Wildman–Crippen MR) is 107 cm³/mol. The number of hydrogen-bond donors (Lipinski definition) is 1. The Kier molecular flexibility index (Phi) is 6.05. The van der Waals surface area contributed by atoms with Crippen LogP contribution < -0.4 is 0 Å². The van der Waals surface area contributed by atoms with Crippen LogP contribution in [0, 0.1) is 11.6 Å². The Balaban J connectivity index is 1.76. The standard InChI is InChI=1S/C22H14F7N5O/c23-16-5-6-17(18(24)9-16)20(35,11-34-12-31-32-33-34)21(25,26)19-7-4-14(10-30-19)13-2-1-3-15(8-13)22(27,28)29/h1-10,12,35H,11H2. The largest absolute Gasteiger partial charge is 0.416 e. The second kappa shape index (κ2) is 8.73. The van der Waals surface area contributed by atoms with Crippen molar-refractivity contribution in [3.05, 3.63) is 95.6 Å². The van der Waals surface area contributed by atoms with E-state index in [2.05, 4.69) is 20.5 Å². The Hall–Kier alpha value is -3.87. The summed E-state index contributed by atoms with van der Waals surface area (Å²) >= 11 is 0. The van der Waals surface area contributed by atoms with E-state index < -0.39 is 52.7 Å². The maximum absolute atomic E-state index is 15.7. The maximum Gasteiger partial charge on any atom is 0.416 e. The highest BCUT2D eigenvalue weighted by atomic mass is 19.4. The van der Waals surface area contributed by atoms with Crippen LogP contribution in [-0.2, 0) is 24.2 Å². The summed E-state index contributed by atoms with van der Waals surface area (Å²) in [4.78, 5) is 3.64. The molecule has 4 rings (SSSR count). The summed E-state index contributed by atoms with van der Waals surface area (Å²) in [5, 5.41) is 21.1. The van der Waals surface area contributed by atoms with Gasteiger partial charge in [-0.05, 0) is 46.3 Å². The second-order valence-electron chi connectivity index (χ2n) is 7.58. The highest BCUT2D eigenvalue weighted by Crippen LogP contribution is 2.47. The maximum atomic E-state index is 15.7. The number of pyridine rings is 1. The minimum absolute atomic E-state index is 0.0655. The molecule has 1 atom stereocenters.